The predicted octanol–water partition coefficient (Wildman–Crippen LogP) is 9.15. The van der Waals surface area contributed by atoms with Crippen molar-refractivity contribution in [2.24, 2.45) is 5.73 Å². The molecule has 4 aromatic rings. The minimum absolute atomic E-state index is 0.0200. The number of anilines is 2. The van der Waals surface area contributed by atoms with E-state index in [2.05, 4.69) is 20.7 Å². The van der Waals surface area contributed by atoms with Crippen molar-refractivity contribution in [2.75, 3.05) is 30.4 Å². The van der Waals surface area contributed by atoms with Crippen LogP contribution in [0.25, 0.3) is 11.6 Å². The van der Waals surface area contributed by atoms with Gasteiger partial charge in [0.05, 0.1) is 35.5 Å². The number of nitrogens with two attached hydrogens (primary N) is 1. The number of carbonyl (C=O) groups is 5. The van der Waals surface area contributed by atoms with Crippen LogP contribution >= 0.6 is 46.4 Å². The summed E-state index contributed by atoms with van der Waals surface area (Å²) in [4.78, 5) is 58.0. The molecule has 2 amide bonds. The number of Topliss-reactive ketones (excluding diaryl/α,β-unsaturated/α-hetero) is 1. The molecule has 1 saturated heterocycles. The molecule has 3 heterocycles. The number of benzene rings is 4. The minimum Gasteiger partial charge on any atom is -0.465 e. The summed E-state index contributed by atoms with van der Waals surface area (Å²) < 4.78 is 38.9. The number of hydrogen-bond donors (Lipinski definition) is 4. The first-order valence-corrected chi connectivity index (χ1v) is 20.4. The molecule has 0 bridgehead atoms. The number of halogens is 6. The number of ether oxygens (including phenoxy) is 2. The standard InChI is InChI=1S/C22H21Cl2FN2O3.C15H8Cl2FNO.C4H9NO2.C3H6O/c1-4-30-19(28)18-16(12-6-5-7-14(24)17(12)25)22(21(2,3)27-18)13-9-8-11(23)10-15(13)26-20(22)29;16-9-4-5-10-11(15(20)19-13(10)7-9)6-8-2-1-3-12(17)14(8)18;1-2-7-4(6)3-5;1-3(2)4/h5-10,16,18,27H,4H2,1-3H3,(H,26,29);1-7H,(H,19,20);2-3,5H2,1H3;1-2H3/t16-,18+,22+;;;/m0.../s1. The highest BCUT2D eigenvalue weighted by atomic mass is 35.5. The molecule has 0 aliphatic carbocycles. The molecule has 3 atom stereocenters. The van der Waals surface area contributed by atoms with Gasteiger partial charge in [0.1, 0.15) is 28.9 Å². The van der Waals surface area contributed by atoms with E-state index in [0.717, 1.165) is 0 Å². The molecule has 61 heavy (non-hydrogen) atoms. The van der Waals surface area contributed by atoms with Gasteiger partial charge in [0, 0.05) is 43.9 Å². The van der Waals surface area contributed by atoms with Gasteiger partial charge >= 0.3 is 11.9 Å². The summed E-state index contributed by atoms with van der Waals surface area (Å²) in [6, 6.07) is 18.5. The highest BCUT2D eigenvalue weighted by Gasteiger charge is 2.69. The zero-order valence-electron chi connectivity index (χ0n) is 34.0. The Balaban J connectivity index is 0.000000226. The number of fused-ring (bicyclic) bond motifs is 3. The van der Waals surface area contributed by atoms with Crippen LogP contribution in [-0.4, -0.2) is 60.9 Å². The molecule has 11 nitrogen and oxygen atoms in total. The lowest BCUT2D eigenvalue weighted by molar-refractivity contribution is -0.146. The van der Waals surface area contributed by atoms with Crippen LogP contribution in [0.1, 0.15) is 69.7 Å². The number of esters is 2. The van der Waals surface area contributed by atoms with E-state index in [-0.39, 0.29) is 57.9 Å². The third-order valence-electron chi connectivity index (χ3n) is 9.69. The molecule has 0 aromatic heterocycles. The lowest BCUT2D eigenvalue weighted by atomic mass is 9.60. The number of carbonyl (C=O) groups excluding carboxylic acids is 5. The molecular weight excluding hydrogens is 876 g/mol. The number of ketones is 1. The van der Waals surface area contributed by atoms with Crippen molar-refractivity contribution in [1.82, 2.24) is 5.32 Å². The fourth-order valence-corrected chi connectivity index (χ4v) is 8.09. The van der Waals surface area contributed by atoms with Crippen LogP contribution in [0.2, 0.25) is 20.1 Å². The van der Waals surface area contributed by atoms with Crippen molar-refractivity contribution in [3.8, 4) is 0 Å². The minimum atomic E-state index is -1.30. The maximum Gasteiger partial charge on any atom is 0.323 e. The Morgan fingerprint density at radius 1 is 0.803 bits per heavy atom. The topological polar surface area (TPSA) is 166 Å². The number of amides is 2. The van der Waals surface area contributed by atoms with Gasteiger partial charge in [0.25, 0.3) is 5.91 Å². The third kappa shape index (κ3) is 10.6. The molecule has 1 fully saturated rings. The lowest BCUT2D eigenvalue weighted by Gasteiger charge is -2.40. The second-order valence-electron chi connectivity index (χ2n) is 14.3. The number of nitrogens with one attached hydrogen (secondary N) is 3. The van der Waals surface area contributed by atoms with Crippen LogP contribution in [0.5, 0.6) is 0 Å². The average Bonchev–Trinajstić information content (AvgIpc) is 3.76. The monoisotopic (exact) mass is 918 g/mol. The Labute approximate surface area is 372 Å². The summed E-state index contributed by atoms with van der Waals surface area (Å²) in [5.41, 5.74) is 6.00. The van der Waals surface area contributed by atoms with Gasteiger partial charge in [0.15, 0.2) is 0 Å². The van der Waals surface area contributed by atoms with Crippen molar-refractivity contribution in [3.05, 3.63) is 127 Å². The zero-order valence-corrected chi connectivity index (χ0v) is 37.0. The molecular formula is C44H44Cl4F2N4O7. The predicted molar refractivity (Wildman–Crippen MR) is 235 cm³/mol. The van der Waals surface area contributed by atoms with Crippen LogP contribution in [0.4, 0.5) is 20.2 Å². The van der Waals surface area contributed by atoms with Crippen molar-refractivity contribution in [2.45, 2.75) is 64.5 Å². The number of rotatable bonds is 6. The van der Waals surface area contributed by atoms with Gasteiger partial charge in [0.2, 0.25) is 5.91 Å². The van der Waals surface area contributed by atoms with E-state index in [1.807, 2.05) is 13.8 Å². The SMILES string of the molecule is CC(C)=O.CCOC(=O)CN.CCOC(=O)[C@@H]1NC(C)(C)[C@@]2(C(=O)Nc3cc(Cl)ccc32)[C@H]1c1cccc(Cl)c1F.O=C1Nc2cc(Cl)ccc2C1=Cc1cccc(Cl)c1F. The van der Waals surface area contributed by atoms with Crippen molar-refractivity contribution in [1.29, 1.82) is 0 Å². The summed E-state index contributed by atoms with van der Waals surface area (Å²) in [5.74, 6) is -3.46. The molecule has 3 aliphatic rings. The normalized spacial score (nSPS) is 19.5. The van der Waals surface area contributed by atoms with E-state index in [1.165, 1.54) is 32.1 Å². The van der Waals surface area contributed by atoms with Gasteiger partial charge in [-0.05, 0) is 95.1 Å². The Kier molecular flexibility index (Phi) is 16.6. The first kappa shape index (κ1) is 48.8. The Morgan fingerprint density at radius 2 is 1.38 bits per heavy atom. The van der Waals surface area contributed by atoms with Gasteiger partial charge in [-0.15, -0.1) is 0 Å². The van der Waals surface area contributed by atoms with E-state index in [4.69, 9.17) is 56.9 Å². The lowest BCUT2D eigenvalue weighted by Crippen LogP contribution is -2.55. The van der Waals surface area contributed by atoms with Crippen LogP contribution in [0, 0.1) is 11.6 Å². The number of hydrogen-bond acceptors (Lipinski definition) is 9. The zero-order chi connectivity index (χ0) is 45.4. The summed E-state index contributed by atoms with van der Waals surface area (Å²) in [6.07, 6.45) is 1.48. The largest absolute Gasteiger partial charge is 0.465 e. The summed E-state index contributed by atoms with van der Waals surface area (Å²) in [6.45, 7) is 10.7. The summed E-state index contributed by atoms with van der Waals surface area (Å²) >= 11 is 23.8. The Bertz CT molecular complexity index is 2370. The van der Waals surface area contributed by atoms with E-state index >= 15 is 4.39 Å². The van der Waals surface area contributed by atoms with Crippen molar-refractivity contribution < 1.29 is 42.2 Å². The van der Waals surface area contributed by atoms with E-state index in [9.17, 15) is 28.4 Å². The van der Waals surface area contributed by atoms with Crippen LogP contribution in [-0.2, 0) is 38.9 Å². The van der Waals surface area contributed by atoms with Crippen LogP contribution in [0.3, 0.4) is 0 Å². The molecule has 17 heteroatoms. The smallest absolute Gasteiger partial charge is 0.323 e. The summed E-state index contributed by atoms with van der Waals surface area (Å²) in [5, 5.41) is 9.76. The average molecular weight is 921 g/mol. The van der Waals surface area contributed by atoms with Crippen LogP contribution in [0.15, 0.2) is 72.8 Å². The van der Waals surface area contributed by atoms with E-state index in [1.54, 1.807) is 74.5 Å². The Morgan fingerprint density at radius 3 is 1.97 bits per heavy atom. The highest BCUT2D eigenvalue weighted by molar-refractivity contribution is 6.37. The molecule has 5 N–H and O–H groups in total. The summed E-state index contributed by atoms with van der Waals surface area (Å²) in [7, 11) is 0. The van der Waals surface area contributed by atoms with E-state index in [0.29, 0.717) is 44.7 Å². The van der Waals surface area contributed by atoms with E-state index < -0.39 is 40.5 Å². The fourth-order valence-electron chi connectivity index (χ4n) is 7.38. The quantitative estimate of drug-likeness (QED) is 0.109. The van der Waals surface area contributed by atoms with Gasteiger partial charge in [-0.25, -0.2) is 8.78 Å². The molecule has 7 rings (SSSR count). The molecule has 4 aromatic carbocycles. The fraction of sp³-hybridized carbons (Fsp3) is 0.295. The molecule has 1 spiro atoms. The second-order valence-corrected chi connectivity index (χ2v) is 16.0. The molecule has 3 aliphatic heterocycles. The maximum atomic E-state index is 15.3. The van der Waals surface area contributed by atoms with Gasteiger partial charge < -0.3 is 30.6 Å². The molecule has 324 valence electrons. The highest BCUT2D eigenvalue weighted by Crippen LogP contribution is 2.59. The molecule has 0 unspecified atom stereocenters. The van der Waals surface area contributed by atoms with Gasteiger partial charge in [-0.1, -0.05) is 82.8 Å². The van der Waals surface area contributed by atoms with Gasteiger partial charge in [-0.3, -0.25) is 24.5 Å². The Hall–Kier alpha value is -4.89. The first-order valence-electron chi connectivity index (χ1n) is 18.8. The molecule has 0 saturated carbocycles. The van der Waals surface area contributed by atoms with Gasteiger partial charge in [-0.2, -0.15) is 0 Å². The first-order chi connectivity index (χ1) is 28.7. The second kappa shape index (κ2) is 20.8. The van der Waals surface area contributed by atoms with Crippen molar-refractivity contribution >= 4 is 99.0 Å². The third-order valence-corrected chi connectivity index (χ3v) is 10.7. The van der Waals surface area contributed by atoms with Crippen molar-refractivity contribution in [3.63, 3.8) is 0 Å². The molecule has 0 radical (unpaired) electrons. The maximum absolute atomic E-state index is 15.3. The van der Waals surface area contributed by atoms with Crippen LogP contribution < -0.4 is 21.7 Å².